The third-order valence-corrected chi connectivity index (χ3v) is 2.94. The third-order valence-electron chi connectivity index (χ3n) is 2.94. The van der Waals surface area contributed by atoms with Crippen LogP contribution in [0.1, 0.15) is 38.6 Å². The van der Waals surface area contributed by atoms with Gasteiger partial charge in [0.25, 0.3) is 0 Å². The summed E-state index contributed by atoms with van der Waals surface area (Å²) in [7, 11) is 0. The van der Waals surface area contributed by atoms with E-state index in [4.69, 9.17) is 0 Å². The number of aryl methyl sites for hydroxylation is 1. The predicted octanol–water partition coefficient (Wildman–Crippen LogP) is 4.04. The predicted molar refractivity (Wildman–Crippen MR) is 64.4 cm³/mol. The van der Waals surface area contributed by atoms with E-state index in [1.54, 1.807) is 13.0 Å². The van der Waals surface area contributed by atoms with E-state index in [1.807, 2.05) is 12.1 Å². The minimum atomic E-state index is -2.59. The maximum Gasteiger partial charge on any atom is 0.333 e. The van der Waals surface area contributed by atoms with Crippen LogP contribution in [0.25, 0.3) is 10.9 Å². The van der Waals surface area contributed by atoms with Crippen LogP contribution in [0.15, 0.2) is 18.2 Å². The Hall–Kier alpha value is -1.45. The molecule has 17 heavy (non-hydrogen) atoms. The molecule has 0 N–H and O–H groups in total. The summed E-state index contributed by atoms with van der Waals surface area (Å²) in [6.45, 7) is 5.46. The lowest BCUT2D eigenvalue weighted by Gasteiger charge is -2.19. The topological polar surface area (TPSA) is 17.8 Å². The van der Waals surface area contributed by atoms with Crippen LogP contribution < -0.4 is 0 Å². The number of aromatic nitrogens is 2. The summed E-state index contributed by atoms with van der Waals surface area (Å²) < 4.78 is 26.3. The lowest BCUT2D eigenvalue weighted by molar-refractivity contribution is 0.0612. The van der Waals surface area contributed by atoms with E-state index in [9.17, 15) is 8.78 Å². The van der Waals surface area contributed by atoms with Crippen LogP contribution in [0.5, 0.6) is 0 Å². The van der Waals surface area contributed by atoms with Gasteiger partial charge in [-0.05, 0) is 30.0 Å². The van der Waals surface area contributed by atoms with Gasteiger partial charge < -0.3 is 0 Å². The monoisotopic (exact) mass is 238 g/mol. The van der Waals surface area contributed by atoms with Gasteiger partial charge in [-0.15, -0.1) is 0 Å². The molecule has 4 heteroatoms. The maximum atomic E-state index is 12.7. The van der Waals surface area contributed by atoms with Crippen molar-refractivity contribution in [2.75, 3.05) is 0 Å². The molecule has 0 saturated heterocycles. The SMILES string of the molecule is Cc1nn(C(F)F)c2ccc(C(C)(C)C)cc12. The van der Waals surface area contributed by atoms with Crippen LogP contribution in [0.2, 0.25) is 0 Å². The first kappa shape index (κ1) is 12.0. The zero-order valence-corrected chi connectivity index (χ0v) is 10.5. The average Bonchev–Trinajstić information content (AvgIpc) is 2.55. The molecule has 0 aliphatic heterocycles. The second-order valence-electron chi connectivity index (χ2n) is 5.29. The Morgan fingerprint density at radius 1 is 1.24 bits per heavy atom. The largest absolute Gasteiger partial charge is 0.333 e. The molecule has 0 aliphatic carbocycles. The van der Waals surface area contributed by atoms with Crippen molar-refractivity contribution in [1.82, 2.24) is 9.78 Å². The maximum absolute atomic E-state index is 12.7. The highest BCUT2D eigenvalue weighted by Gasteiger charge is 2.18. The minimum Gasteiger partial charge on any atom is -0.203 e. The number of rotatable bonds is 1. The Labute approximate surface area is 99.2 Å². The van der Waals surface area contributed by atoms with Crippen molar-refractivity contribution < 1.29 is 8.78 Å². The molecule has 2 rings (SSSR count). The number of nitrogens with zero attached hydrogens (tertiary/aromatic N) is 2. The summed E-state index contributed by atoms with van der Waals surface area (Å²) in [6, 6.07) is 5.57. The molecule has 0 aliphatic rings. The van der Waals surface area contributed by atoms with Crippen molar-refractivity contribution in [2.24, 2.45) is 0 Å². The smallest absolute Gasteiger partial charge is 0.203 e. The normalized spacial score (nSPS) is 12.6. The highest BCUT2D eigenvalue weighted by Crippen LogP contribution is 2.29. The van der Waals surface area contributed by atoms with E-state index >= 15 is 0 Å². The molecule has 2 aromatic rings. The zero-order chi connectivity index (χ0) is 12.8. The zero-order valence-electron chi connectivity index (χ0n) is 10.5. The van der Waals surface area contributed by atoms with Crippen LogP contribution in [-0.4, -0.2) is 9.78 Å². The van der Waals surface area contributed by atoms with E-state index in [0.29, 0.717) is 11.2 Å². The molecule has 92 valence electrons. The van der Waals surface area contributed by atoms with Gasteiger partial charge in [0.2, 0.25) is 0 Å². The van der Waals surface area contributed by atoms with Crippen LogP contribution in [-0.2, 0) is 5.41 Å². The molecule has 1 heterocycles. The summed E-state index contributed by atoms with van der Waals surface area (Å²) >= 11 is 0. The molecule has 1 aromatic heterocycles. The highest BCUT2D eigenvalue weighted by atomic mass is 19.3. The van der Waals surface area contributed by atoms with Crippen molar-refractivity contribution in [3.05, 3.63) is 29.5 Å². The highest BCUT2D eigenvalue weighted by molar-refractivity contribution is 5.82. The lowest BCUT2D eigenvalue weighted by atomic mass is 9.86. The second kappa shape index (κ2) is 3.79. The van der Waals surface area contributed by atoms with Crippen LogP contribution in [0.4, 0.5) is 8.78 Å². The van der Waals surface area contributed by atoms with Crippen LogP contribution in [0, 0.1) is 6.92 Å². The molecule has 0 amide bonds. The quantitative estimate of drug-likeness (QED) is 0.733. The number of hydrogen-bond acceptors (Lipinski definition) is 1. The Kier molecular flexibility index (Phi) is 2.68. The third kappa shape index (κ3) is 2.04. The van der Waals surface area contributed by atoms with E-state index in [2.05, 4.69) is 25.9 Å². The van der Waals surface area contributed by atoms with Gasteiger partial charge in [0, 0.05) is 5.39 Å². The van der Waals surface area contributed by atoms with Gasteiger partial charge in [-0.1, -0.05) is 26.8 Å². The first-order valence-electron chi connectivity index (χ1n) is 5.58. The van der Waals surface area contributed by atoms with Crippen LogP contribution >= 0.6 is 0 Å². The molecule has 0 saturated carbocycles. The first-order chi connectivity index (χ1) is 7.80. The molecular weight excluding hydrogens is 222 g/mol. The number of fused-ring (bicyclic) bond motifs is 1. The van der Waals surface area contributed by atoms with Gasteiger partial charge in [0.1, 0.15) is 0 Å². The van der Waals surface area contributed by atoms with Crippen molar-refractivity contribution in [2.45, 2.75) is 39.7 Å². The second-order valence-corrected chi connectivity index (χ2v) is 5.29. The molecular formula is C13H16F2N2. The Morgan fingerprint density at radius 3 is 2.41 bits per heavy atom. The van der Waals surface area contributed by atoms with Crippen molar-refractivity contribution in [1.29, 1.82) is 0 Å². The van der Waals surface area contributed by atoms with Crippen LogP contribution in [0.3, 0.4) is 0 Å². The van der Waals surface area contributed by atoms with Gasteiger partial charge in [-0.3, -0.25) is 0 Å². The Bertz CT molecular complexity index is 550. The molecule has 0 bridgehead atoms. The molecule has 1 aromatic carbocycles. The van der Waals surface area contributed by atoms with E-state index in [1.165, 1.54) is 0 Å². The fourth-order valence-electron chi connectivity index (χ4n) is 1.91. The first-order valence-corrected chi connectivity index (χ1v) is 5.58. The fraction of sp³-hybridized carbons (Fsp3) is 0.462. The van der Waals surface area contributed by atoms with Crippen molar-refractivity contribution in [3.63, 3.8) is 0 Å². The van der Waals surface area contributed by atoms with E-state index in [0.717, 1.165) is 15.6 Å². The number of benzene rings is 1. The van der Waals surface area contributed by atoms with Gasteiger partial charge in [0.15, 0.2) is 0 Å². The minimum absolute atomic E-state index is 0.00750. The van der Waals surface area contributed by atoms with Gasteiger partial charge in [-0.25, -0.2) is 4.68 Å². The summed E-state index contributed by atoms with van der Waals surface area (Å²) in [5.74, 6) is 0. The van der Waals surface area contributed by atoms with Gasteiger partial charge in [-0.2, -0.15) is 13.9 Å². The summed E-state index contributed by atoms with van der Waals surface area (Å²) in [5.41, 5.74) is 2.27. The molecule has 0 fully saturated rings. The molecule has 0 atom stereocenters. The number of alkyl halides is 2. The van der Waals surface area contributed by atoms with Gasteiger partial charge >= 0.3 is 6.55 Å². The molecule has 0 spiro atoms. The fourth-order valence-corrected chi connectivity index (χ4v) is 1.91. The summed E-state index contributed by atoms with van der Waals surface area (Å²) in [5, 5.41) is 4.68. The lowest BCUT2D eigenvalue weighted by Crippen LogP contribution is -2.10. The molecule has 2 nitrogen and oxygen atoms in total. The van der Waals surface area contributed by atoms with Crippen molar-refractivity contribution >= 4 is 10.9 Å². The average molecular weight is 238 g/mol. The summed E-state index contributed by atoms with van der Waals surface area (Å²) in [4.78, 5) is 0. The number of halogens is 2. The van der Waals surface area contributed by atoms with E-state index < -0.39 is 6.55 Å². The number of hydrogen-bond donors (Lipinski definition) is 0. The van der Waals surface area contributed by atoms with Gasteiger partial charge in [0.05, 0.1) is 11.2 Å². The summed E-state index contributed by atoms with van der Waals surface area (Å²) in [6.07, 6.45) is 0. The van der Waals surface area contributed by atoms with E-state index in [-0.39, 0.29) is 5.41 Å². The molecule has 0 radical (unpaired) electrons. The van der Waals surface area contributed by atoms with Crippen molar-refractivity contribution in [3.8, 4) is 0 Å². The Balaban J connectivity index is 2.68. The standard InChI is InChI=1S/C13H16F2N2/c1-8-10-7-9(13(2,3)4)5-6-11(10)17(16-8)12(14)15/h5-7,12H,1-4H3. The molecule has 0 unspecified atom stereocenters. The Morgan fingerprint density at radius 2 is 1.88 bits per heavy atom.